The fourth-order valence-electron chi connectivity index (χ4n) is 0.532. The van der Waals surface area contributed by atoms with Crippen LogP contribution in [-0.4, -0.2) is 4.98 Å². The predicted molar refractivity (Wildman–Crippen MR) is 40.2 cm³/mol. The highest BCUT2D eigenvalue weighted by molar-refractivity contribution is 8.00. The summed E-state index contributed by atoms with van der Waals surface area (Å²) in [7, 11) is 0. The van der Waals surface area contributed by atoms with Crippen molar-refractivity contribution in [2.45, 2.75) is 4.90 Å². The minimum absolute atomic E-state index is 0.442. The van der Waals surface area contributed by atoms with Gasteiger partial charge < -0.3 is 0 Å². The highest BCUT2D eigenvalue weighted by Gasteiger charge is 1.90. The monoisotopic (exact) mass is 149 g/mol. The molecule has 0 aromatic carbocycles. The normalized spacial score (nSPS) is 8.80. The summed E-state index contributed by atoms with van der Waals surface area (Å²) in [4.78, 5) is 4.82. The van der Waals surface area contributed by atoms with Crippen LogP contribution in [0.15, 0.2) is 23.2 Å². The van der Waals surface area contributed by atoms with Gasteiger partial charge in [0.2, 0.25) is 0 Å². The fraction of sp³-hybridized carbons (Fsp3) is 0. The summed E-state index contributed by atoms with van der Waals surface area (Å²) in [6, 6.07) is 5.43. The van der Waals surface area contributed by atoms with Gasteiger partial charge >= 0.3 is 0 Å². The molecule has 0 unspecified atom stereocenters. The topological polar surface area (TPSA) is 36.7 Å². The minimum atomic E-state index is 0.442. The lowest BCUT2D eigenvalue weighted by Gasteiger charge is -1.91. The first-order valence-corrected chi connectivity index (χ1v) is 3.63. The molecule has 1 aromatic rings. The van der Waals surface area contributed by atoms with E-state index in [1.165, 1.54) is 11.8 Å². The Kier molecular flexibility index (Phi) is 2.30. The van der Waals surface area contributed by atoms with Gasteiger partial charge in [-0.25, -0.2) is 4.98 Å². The second-order valence-electron chi connectivity index (χ2n) is 1.64. The van der Waals surface area contributed by atoms with Crippen molar-refractivity contribution in [3.63, 3.8) is 0 Å². The molecule has 0 spiro atoms. The van der Waals surface area contributed by atoms with Crippen LogP contribution in [0.5, 0.6) is 0 Å². The number of hydrogen-bond donors (Lipinski definition) is 0. The lowest BCUT2D eigenvalue weighted by Crippen LogP contribution is -1.79. The molecule has 3 heteroatoms. The van der Waals surface area contributed by atoms with Gasteiger partial charge in [0.25, 0.3) is 0 Å². The Bertz CT molecular complexity index is 247. The zero-order valence-electron chi connectivity index (χ0n) is 5.24. The predicted octanol–water partition coefficient (Wildman–Crippen LogP) is 1.84. The Hall–Kier alpha value is -1.01. The number of rotatable bonds is 1. The van der Waals surface area contributed by atoms with Gasteiger partial charge in [-0.05, 0) is 12.1 Å². The maximum absolute atomic E-state index is 8.37. The van der Waals surface area contributed by atoms with E-state index < -0.39 is 0 Å². The molecular weight excluding hydrogens is 144 g/mol. The Morgan fingerprint density at radius 2 is 2.40 bits per heavy atom. The van der Waals surface area contributed by atoms with Crippen molar-refractivity contribution in [3.8, 4) is 6.07 Å². The molecule has 0 N–H and O–H groups in total. The standard InChI is InChI=1S/C7H5N2S/c1-10-7-3-2-6(4-8)9-5-7/h2-3,5H,1H2. The highest BCUT2D eigenvalue weighted by atomic mass is 32.2. The van der Waals surface area contributed by atoms with Crippen molar-refractivity contribution in [1.29, 1.82) is 5.26 Å². The van der Waals surface area contributed by atoms with Gasteiger partial charge in [-0.3, -0.25) is 0 Å². The molecule has 0 amide bonds. The molecule has 2 nitrogen and oxygen atoms in total. The van der Waals surface area contributed by atoms with Crippen LogP contribution in [0.4, 0.5) is 0 Å². The lowest BCUT2D eigenvalue weighted by molar-refractivity contribution is 1.20. The quantitative estimate of drug-likeness (QED) is 0.571. The van der Waals surface area contributed by atoms with Gasteiger partial charge in [-0.2, -0.15) is 5.26 Å². The fourth-order valence-corrected chi connectivity index (χ4v) is 0.823. The van der Waals surface area contributed by atoms with E-state index in [9.17, 15) is 0 Å². The first-order valence-electron chi connectivity index (χ1n) is 2.65. The molecule has 1 rings (SSSR count). The van der Waals surface area contributed by atoms with Crippen LogP contribution in [0.2, 0.25) is 0 Å². The summed E-state index contributed by atoms with van der Waals surface area (Å²) >= 11 is 1.37. The van der Waals surface area contributed by atoms with E-state index in [1.54, 1.807) is 12.3 Å². The highest BCUT2D eigenvalue weighted by Crippen LogP contribution is 2.13. The molecular formula is C7H5N2S. The van der Waals surface area contributed by atoms with Crippen molar-refractivity contribution in [2.24, 2.45) is 0 Å². The van der Waals surface area contributed by atoms with Gasteiger partial charge in [0.15, 0.2) is 0 Å². The molecule has 0 bridgehead atoms. The molecule has 0 atom stereocenters. The summed E-state index contributed by atoms with van der Waals surface area (Å²) in [6.45, 7) is 0. The molecule has 0 fully saturated rings. The van der Waals surface area contributed by atoms with Crippen LogP contribution in [0, 0.1) is 17.6 Å². The second kappa shape index (κ2) is 3.23. The Morgan fingerprint density at radius 3 is 2.80 bits per heavy atom. The number of nitriles is 1. The van der Waals surface area contributed by atoms with Gasteiger partial charge in [-0.15, -0.1) is 11.8 Å². The number of nitrogens with zero attached hydrogens (tertiary/aromatic N) is 2. The number of aromatic nitrogens is 1. The first kappa shape index (κ1) is 7.10. The van der Waals surface area contributed by atoms with Crippen LogP contribution in [-0.2, 0) is 0 Å². The second-order valence-corrected chi connectivity index (χ2v) is 2.40. The SMILES string of the molecule is [CH2]Sc1ccc(C#N)nc1. The first-order chi connectivity index (χ1) is 4.86. The van der Waals surface area contributed by atoms with Crippen LogP contribution in [0.3, 0.4) is 0 Å². The average Bonchev–Trinajstić information content (AvgIpc) is 2.05. The maximum Gasteiger partial charge on any atom is 0.140 e. The molecule has 0 saturated heterocycles. The van der Waals surface area contributed by atoms with Gasteiger partial charge in [-0.1, -0.05) is 0 Å². The molecule has 1 aromatic heterocycles. The molecule has 1 radical (unpaired) electrons. The molecule has 49 valence electrons. The molecule has 0 aliphatic carbocycles. The Morgan fingerprint density at radius 1 is 1.60 bits per heavy atom. The third-order valence-electron chi connectivity index (χ3n) is 1.02. The molecule has 1 heterocycles. The van der Waals surface area contributed by atoms with Crippen molar-refractivity contribution in [3.05, 3.63) is 30.3 Å². The van der Waals surface area contributed by atoms with E-state index in [0.29, 0.717) is 5.69 Å². The molecule has 0 aliphatic heterocycles. The molecule has 10 heavy (non-hydrogen) atoms. The summed E-state index contributed by atoms with van der Waals surface area (Å²) in [6.07, 6.45) is 5.24. The van der Waals surface area contributed by atoms with Crippen LogP contribution < -0.4 is 0 Å². The number of thioether (sulfide) groups is 1. The molecule has 0 saturated carbocycles. The van der Waals surface area contributed by atoms with Crippen LogP contribution in [0.25, 0.3) is 0 Å². The average molecular weight is 149 g/mol. The van der Waals surface area contributed by atoms with E-state index >= 15 is 0 Å². The van der Waals surface area contributed by atoms with E-state index in [1.807, 2.05) is 12.1 Å². The van der Waals surface area contributed by atoms with Crippen LogP contribution in [0.1, 0.15) is 5.69 Å². The summed E-state index contributed by atoms with van der Waals surface area (Å²) < 4.78 is 0. The zero-order chi connectivity index (χ0) is 7.40. The summed E-state index contributed by atoms with van der Waals surface area (Å²) in [5.41, 5.74) is 0.442. The third-order valence-corrected chi connectivity index (χ3v) is 1.59. The zero-order valence-corrected chi connectivity index (χ0v) is 6.06. The van der Waals surface area contributed by atoms with E-state index in [2.05, 4.69) is 11.2 Å². The van der Waals surface area contributed by atoms with Crippen molar-refractivity contribution in [1.82, 2.24) is 4.98 Å². The maximum atomic E-state index is 8.37. The molecule has 0 aliphatic rings. The number of pyridine rings is 1. The Labute approximate surface area is 63.9 Å². The lowest BCUT2D eigenvalue weighted by atomic mass is 10.4. The van der Waals surface area contributed by atoms with Gasteiger partial charge in [0.05, 0.1) is 0 Å². The van der Waals surface area contributed by atoms with Gasteiger partial charge in [0, 0.05) is 17.3 Å². The third kappa shape index (κ3) is 1.49. The van der Waals surface area contributed by atoms with Gasteiger partial charge in [0.1, 0.15) is 11.8 Å². The Balaban J connectivity index is 2.93. The smallest absolute Gasteiger partial charge is 0.140 e. The summed E-state index contributed by atoms with van der Waals surface area (Å²) in [5, 5.41) is 8.37. The van der Waals surface area contributed by atoms with Crippen molar-refractivity contribution >= 4 is 11.8 Å². The van der Waals surface area contributed by atoms with Crippen LogP contribution >= 0.6 is 11.8 Å². The van der Waals surface area contributed by atoms with E-state index in [0.717, 1.165) is 4.90 Å². The van der Waals surface area contributed by atoms with Crippen molar-refractivity contribution < 1.29 is 0 Å². The van der Waals surface area contributed by atoms with E-state index in [4.69, 9.17) is 5.26 Å². The van der Waals surface area contributed by atoms with Crippen molar-refractivity contribution in [2.75, 3.05) is 0 Å². The number of hydrogen-bond acceptors (Lipinski definition) is 3. The van der Waals surface area contributed by atoms with E-state index in [-0.39, 0.29) is 0 Å². The minimum Gasteiger partial charge on any atom is -0.244 e. The largest absolute Gasteiger partial charge is 0.244 e. The summed E-state index contributed by atoms with van der Waals surface area (Å²) in [5.74, 6) is 0.